The number of ether oxygens (including phenoxy) is 5. The maximum atomic E-state index is 12.6. The van der Waals surface area contributed by atoms with Gasteiger partial charge in [0.25, 0.3) is 11.8 Å². The van der Waals surface area contributed by atoms with Gasteiger partial charge in [0, 0.05) is 12.1 Å². The van der Waals surface area contributed by atoms with E-state index in [0.29, 0.717) is 17.1 Å². The Morgan fingerprint density at radius 1 is 0.862 bits per heavy atom. The summed E-state index contributed by atoms with van der Waals surface area (Å²) < 4.78 is 26.3. The van der Waals surface area contributed by atoms with Gasteiger partial charge in [0.1, 0.15) is 0 Å². The van der Waals surface area contributed by atoms with Crippen LogP contribution in [0.5, 0.6) is 28.7 Å². The number of carbonyl (C=O) groups is 2. The molecule has 2 rings (SSSR count). The van der Waals surface area contributed by atoms with Crippen molar-refractivity contribution in [2.75, 3.05) is 35.0 Å². The molecular formula is C20H24N2O7. The van der Waals surface area contributed by atoms with Crippen LogP contribution >= 0.6 is 0 Å². The van der Waals surface area contributed by atoms with E-state index >= 15 is 0 Å². The van der Waals surface area contributed by atoms with Crippen molar-refractivity contribution in [3.8, 4) is 28.7 Å². The second kappa shape index (κ2) is 10.1. The van der Waals surface area contributed by atoms with Crippen molar-refractivity contribution in [2.24, 2.45) is 5.73 Å². The lowest BCUT2D eigenvalue weighted by molar-refractivity contribution is -0.120. The lowest BCUT2D eigenvalue weighted by Gasteiger charge is -2.15. The molecule has 0 unspecified atom stereocenters. The fourth-order valence-electron chi connectivity index (χ4n) is 2.57. The quantitative estimate of drug-likeness (QED) is 0.616. The molecule has 0 saturated heterocycles. The number of primary amides is 1. The van der Waals surface area contributed by atoms with Gasteiger partial charge in [-0.2, -0.15) is 0 Å². The van der Waals surface area contributed by atoms with Crippen LogP contribution in [0.4, 0.5) is 0 Å². The fraction of sp³-hybridized carbons (Fsp3) is 0.300. The van der Waals surface area contributed by atoms with Crippen molar-refractivity contribution < 1.29 is 33.3 Å². The second-order valence-corrected chi connectivity index (χ2v) is 5.84. The molecule has 0 bridgehead atoms. The summed E-state index contributed by atoms with van der Waals surface area (Å²) in [5.74, 6) is 0.833. The monoisotopic (exact) mass is 404 g/mol. The van der Waals surface area contributed by atoms with E-state index in [1.54, 1.807) is 26.4 Å². The highest BCUT2D eigenvalue weighted by Gasteiger charge is 2.18. The van der Waals surface area contributed by atoms with Gasteiger partial charge < -0.3 is 34.7 Å². The molecule has 156 valence electrons. The normalized spacial score (nSPS) is 10.1. The van der Waals surface area contributed by atoms with Crippen LogP contribution in [0.3, 0.4) is 0 Å². The number of amides is 2. The molecule has 0 heterocycles. The van der Waals surface area contributed by atoms with Crippen molar-refractivity contribution in [1.29, 1.82) is 0 Å². The van der Waals surface area contributed by atoms with Crippen molar-refractivity contribution in [3.05, 3.63) is 41.5 Å². The van der Waals surface area contributed by atoms with Gasteiger partial charge in [-0.3, -0.25) is 9.59 Å². The highest BCUT2D eigenvalue weighted by molar-refractivity contribution is 5.95. The highest BCUT2D eigenvalue weighted by Crippen LogP contribution is 2.38. The number of hydrogen-bond acceptors (Lipinski definition) is 7. The molecular weight excluding hydrogens is 380 g/mol. The van der Waals surface area contributed by atoms with Gasteiger partial charge in [0.05, 0.1) is 28.4 Å². The van der Waals surface area contributed by atoms with Gasteiger partial charge in [0.2, 0.25) is 5.75 Å². The Balaban J connectivity index is 2.19. The van der Waals surface area contributed by atoms with Crippen molar-refractivity contribution in [2.45, 2.75) is 6.54 Å². The SMILES string of the molecule is COc1ccc(CNC(=O)c2cc(OC)c(OCC(N)=O)c(OC)c2)cc1OC. The zero-order valence-electron chi connectivity index (χ0n) is 16.7. The molecule has 0 spiro atoms. The number of benzene rings is 2. The number of hydrogen-bond donors (Lipinski definition) is 2. The molecule has 0 aromatic heterocycles. The summed E-state index contributed by atoms with van der Waals surface area (Å²) in [5.41, 5.74) is 6.24. The van der Waals surface area contributed by atoms with E-state index in [1.807, 2.05) is 6.07 Å². The molecule has 0 radical (unpaired) electrons. The van der Waals surface area contributed by atoms with E-state index in [0.717, 1.165) is 5.56 Å². The van der Waals surface area contributed by atoms with Crippen LogP contribution in [-0.4, -0.2) is 46.9 Å². The van der Waals surface area contributed by atoms with Gasteiger partial charge in [-0.1, -0.05) is 6.07 Å². The Morgan fingerprint density at radius 3 is 1.97 bits per heavy atom. The maximum absolute atomic E-state index is 12.6. The van der Waals surface area contributed by atoms with E-state index < -0.39 is 5.91 Å². The zero-order chi connectivity index (χ0) is 21.4. The van der Waals surface area contributed by atoms with Gasteiger partial charge >= 0.3 is 0 Å². The van der Waals surface area contributed by atoms with Crippen LogP contribution in [0.25, 0.3) is 0 Å². The summed E-state index contributed by atoms with van der Waals surface area (Å²) in [7, 11) is 5.92. The Morgan fingerprint density at radius 2 is 1.45 bits per heavy atom. The molecule has 9 nitrogen and oxygen atoms in total. The largest absolute Gasteiger partial charge is 0.493 e. The predicted octanol–water partition coefficient (Wildman–Crippen LogP) is 1.52. The van der Waals surface area contributed by atoms with Crippen molar-refractivity contribution in [3.63, 3.8) is 0 Å². The van der Waals surface area contributed by atoms with Crippen LogP contribution in [0.2, 0.25) is 0 Å². The number of methoxy groups -OCH3 is 4. The van der Waals surface area contributed by atoms with Gasteiger partial charge in [-0.25, -0.2) is 0 Å². The van der Waals surface area contributed by atoms with Gasteiger partial charge in [-0.05, 0) is 29.8 Å². The number of nitrogens with one attached hydrogen (secondary N) is 1. The van der Waals surface area contributed by atoms with E-state index in [2.05, 4.69) is 5.32 Å². The smallest absolute Gasteiger partial charge is 0.255 e. The standard InChI is InChI=1S/C20H24N2O7/c1-25-14-6-5-12(7-15(14)26-2)10-22-20(24)13-8-16(27-3)19(17(9-13)28-4)29-11-18(21)23/h5-9H,10-11H2,1-4H3,(H2,21,23)(H,22,24). The van der Waals surface area contributed by atoms with Crippen LogP contribution in [0.1, 0.15) is 15.9 Å². The van der Waals surface area contributed by atoms with Crippen LogP contribution in [0.15, 0.2) is 30.3 Å². The van der Waals surface area contributed by atoms with E-state index in [1.165, 1.54) is 26.4 Å². The molecule has 0 atom stereocenters. The third-order valence-electron chi connectivity index (χ3n) is 3.98. The first-order valence-corrected chi connectivity index (χ1v) is 8.59. The molecule has 29 heavy (non-hydrogen) atoms. The highest BCUT2D eigenvalue weighted by atomic mass is 16.5. The molecule has 2 aromatic carbocycles. The summed E-state index contributed by atoms with van der Waals surface area (Å²) in [4.78, 5) is 23.6. The molecule has 0 fully saturated rings. The Hall–Kier alpha value is -3.62. The fourth-order valence-corrected chi connectivity index (χ4v) is 2.57. The molecule has 2 amide bonds. The first kappa shape index (κ1) is 21.7. The first-order chi connectivity index (χ1) is 13.9. The minimum absolute atomic E-state index is 0.185. The second-order valence-electron chi connectivity index (χ2n) is 5.84. The summed E-state index contributed by atoms with van der Waals surface area (Å²) >= 11 is 0. The molecule has 2 aromatic rings. The topological polar surface area (TPSA) is 118 Å². The lowest BCUT2D eigenvalue weighted by Crippen LogP contribution is -2.23. The molecule has 0 aliphatic rings. The average molecular weight is 404 g/mol. The van der Waals surface area contributed by atoms with Crippen LogP contribution < -0.4 is 34.7 Å². The molecule has 9 heteroatoms. The first-order valence-electron chi connectivity index (χ1n) is 8.59. The third-order valence-corrected chi connectivity index (χ3v) is 3.98. The maximum Gasteiger partial charge on any atom is 0.255 e. The van der Waals surface area contributed by atoms with E-state index in [4.69, 9.17) is 29.4 Å². The van der Waals surface area contributed by atoms with Crippen molar-refractivity contribution in [1.82, 2.24) is 5.32 Å². The number of nitrogens with two attached hydrogens (primary N) is 1. The van der Waals surface area contributed by atoms with Crippen LogP contribution in [0, 0.1) is 0 Å². The number of carbonyl (C=O) groups excluding carboxylic acids is 2. The minimum Gasteiger partial charge on any atom is -0.493 e. The summed E-state index contributed by atoms with van der Waals surface area (Å²) in [6.07, 6.45) is 0. The predicted molar refractivity (Wildman–Crippen MR) is 105 cm³/mol. The number of rotatable bonds is 10. The third kappa shape index (κ3) is 5.44. The van der Waals surface area contributed by atoms with E-state index in [-0.39, 0.29) is 36.3 Å². The summed E-state index contributed by atoms with van der Waals surface area (Å²) in [6, 6.07) is 8.34. The Bertz CT molecular complexity index is 858. The molecule has 0 aliphatic carbocycles. The minimum atomic E-state index is -0.647. The van der Waals surface area contributed by atoms with Gasteiger partial charge in [-0.15, -0.1) is 0 Å². The molecule has 0 aliphatic heterocycles. The van der Waals surface area contributed by atoms with Crippen molar-refractivity contribution >= 4 is 11.8 Å². The van der Waals surface area contributed by atoms with Gasteiger partial charge in [0.15, 0.2) is 29.6 Å². The van der Waals surface area contributed by atoms with Crippen LogP contribution in [-0.2, 0) is 11.3 Å². The lowest BCUT2D eigenvalue weighted by atomic mass is 10.1. The average Bonchev–Trinajstić information content (AvgIpc) is 2.74. The van der Waals surface area contributed by atoms with E-state index in [9.17, 15) is 9.59 Å². The Kier molecular flexibility index (Phi) is 7.53. The Labute approximate surface area is 168 Å². The molecule has 3 N–H and O–H groups in total. The summed E-state index contributed by atoms with van der Waals surface area (Å²) in [5, 5.41) is 2.82. The zero-order valence-corrected chi connectivity index (χ0v) is 16.7. The summed E-state index contributed by atoms with van der Waals surface area (Å²) in [6.45, 7) is -0.0820. The molecule has 0 saturated carbocycles.